The van der Waals surface area contributed by atoms with Gasteiger partial charge in [-0.25, -0.2) is 5.48 Å². The smallest absolute Gasteiger partial charge is 0.204 e. The van der Waals surface area contributed by atoms with Gasteiger partial charge < -0.3 is 5.32 Å². The molecule has 1 aromatic heterocycles. The molecule has 7 nitrogen and oxygen atoms in total. The Labute approximate surface area is 92.2 Å². The van der Waals surface area contributed by atoms with Crippen molar-refractivity contribution in [3.63, 3.8) is 0 Å². The molecule has 0 fully saturated rings. The molecule has 0 radical (unpaired) electrons. The monoisotopic (exact) mass is 220 g/mol. The number of H-pyrrole nitrogens is 1. The Morgan fingerprint density at radius 2 is 2.12 bits per heavy atom. The first-order chi connectivity index (χ1) is 7.90. The summed E-state index contributed by atoms with van der Waals surface area (Å²) >= 11 is 0. The van der Waals surface area contributed by atoms with Crippen LogP contribution in [0.25, 0.3) is 11.4 Å². The van der Waals surface area contributed by atoms with E-state index in [-0.39, 0.29) is 0 Å². The number of benzene rings is 1. The quantitative estimate of drug-likeness (QED) is 0.384. The molecule has 0 unspecified atom stereocenters. The number of aromatic amines is 1. The number of aromatic nitrogens is 4. The molecule has 0 saturated heterocycles. The van der Waals surface area contributed by atoms with Crippen LogP contribution in [-0.2, 0) is 4.84 Å². The molecule has 0 saturated carbocycles. The van der Waals surface area contributed by atoms with Gasteiger partial charge in [-0.3, -0.25) is 4.84 Å². The van der Waals surface area contributed by atoms with Gasteiger partial charge in [0.2, 0.25) is 5.82 Å². The van der Waals surface area contributed by atoms with Gasteiger partial charge in [0.25, 0.3) is 0 Å². The number of nitrogens with zero attached hydrogens (tertiary/aromatic N) is 3. The van der Waals surface area contributed by atoms with Gasteiger partial charge in [0, 0.05) is 18.3 Å². The lowest BCUT2D eigenvalue weighted by molar-refractivity contribution is 0.0727. The average molecular weight is 220 g/mol. The highest BCUT2D eigenvalue weighted by Gasteiger charge is 2.01. The minimum atomic E-state index is 0.401. The molecule has 2 aromatic rings. The zero-order chi connectivity index (χ0) is 11.2. The maximum absolute atomic E-state index is 4.94. The number of nitrogens with one attached hydrogen (secondary N) is 3. The lowest BCUT2D eigenvalue weighted by Crippen LogP contribution is -2.14. The lowest BCUT2D eigenvalue weighted by Gasteiger charge is -2.05. The molecule has 0 amide bonds. The number of hydrogen-bond acceptors (Lipinski definition) is 6. The minimum Gasteiger partial charge on any atom is -0.361 e. The summed E-state index contributed by atoms with van der Waals surface area (Å²) in [6.07, 6.45) is 0. The molecule has 3 N–H and O–H groups in total. The van der Waals surface area contributed by atoms with Crippen LogP contribution in [0.3, 0.4) is 0 Å². The first-order valence-electron chi connectivity index (χ1n) is 4.76. The molecule has 0 spiro atoms. The van der Waals surface area contributed by atoms with Crippen molar-refractivity contribution in [2.75, 3.05) is 19.1 Å². The summed E-state index contributed by atoms with van der Waals surface area (Å²) in [5, 5.41) is 16.8. The zero-order valence-electron chi connectivity index (χ0n) is 8.77. The van der Waals surface area contributed by atoms with Crippen LogP contribution in [0.1, 0.15) is 0 Å². The van der Waals surface area contributed by atoms with Crippen LogP contribution in [0.5, 0.6) is 0 Å². The maximum Gasteiger partial charge on any atom is 0.204 e. The fourth-order valence-corrected chi connectivity index (χ4v) is 1.21. The standard InChI is InChI=1S/C9H12N6O/c1-10-16-6-11-8-4-2-7(3-5-8)9-12-14-15-13-9/h2-5,10-11H,6H2,1H3,(H,12,13,14,15). The van der Waals surface area contributed by atoms with E-state index in [2.05, 4.69) is 31.4 Å². The van der Waals surface area contributed by atoms with Crippen LogP contribution >= 0.6 is 0 Å². The van der Waals surface area contributed by atoms with Crippen molar-refractivity contribution < 1.29 is 4.84 Å². The molecule has 16 heavy (non-hydrogen) atoms. The van der Waals surface area contributed by atoms with E-state index in [4.69, 9.17) is 4.84 Å². The van der Waals surface area contributed by atoms with E-state index < -0.39 is 0 Å². The van der Waals surface area contributed by atoms with Gasteiger partial charge in [-0.2, -0.15) is 5.21 Å². The van der Waals surface area contributed by atoms with E-state index >= 15 is 0 Å². The summed E-state index contributed by atoms with van der Waals surface area (Å²) < 4.78 is 0. The highest BCUT2D eigenvalue weighted by Crippen LogP contribution is 2.16. The van der Waals surface area contributed by atoms with Crippen LogP contribution in [0.2, 0.25) is 0 Å². The van der Waals surface area contributed by atoms with E-state index in [0.717, 1.165) is 11.3 Å². The van der Waals surface area contributed by atoms with E-state index in [1.165, 1.54) is 0 Å². The Bertz CT molecular complexity index is 412. The van der Waals surface area contributed by atoms with Gasteiger partial charge in [-0.05, 0) is 29.5 Å². The molecule has 2 rings (SSSR count). The van der Waals surface area contributed by atoms with Crippen molar-refractivity contribution in [1.29, 1.82) is 0 Å². The average Bonchev–Trinajstić information content (AvgIpc) is 2.84. The maximum atomic E-state index is 4.94. The minimum absolute atomic E-state index is 0.401. The highest BCUT2D eigenvalue weighted by atomic mass is 16.6. The largest absolute Gasteiger partial charge is 0.361 e. The third-order valence-electron chi connectivity index (χ3n) is 1.98. The lowest BCUT2D eigenvalue weighted by atomic mass is 10.2. The number of hydrogen-bond donors (Lipinski definition) is 3. The Morgan fingerprint density at radius 3 is 2.75 bits per heavy atom. The fourth-order valence-electron chi connectivity index (χ4n) is 1.21. The van der Waals surface area contributed by atoms with E-state index in [1.807, 2.05) is 24.3 Å². The fraction of sp³-hybridized carbons (Fsp3) is 0.222. The van der Waals surface area contributed by atoms with Gasteiger partial charge in [0.15, 0.2) is 0 Å². The number of tetrazole rings is 1. The Balaban J connectivity index is 2.00. The molecular weight excluding hydrogens is 208 g/mol. The first-order valence-corrected chi connectivity index (χ1v) is 4.76. The van der Waals surface area contributed by atoms with Gasteiger partial charge >= 0.3 is 0 Å². The van der Waals surface area contributed by atoms with Gasteiger partial charge in [-0.15, -0.1) is 10.2 Å². The highest BCUT2D eigenvalue weighted by molar-refractivity contribution is 5.58. The predicted octanol–water partition coefficient (Wildman–Crippen LogP) is 0.387. The molecule has 84 valence electrons. The molecule has 1 heterocycles. The molecular formula is C9H12N6O. The summed E-state index contributed by atoms with van der Waals surface area (Å²) in [6.45, 7) is 0.401. The van der Waals surface area contributed by atoms with Crippen molar-refractivity contribution in [2.45, 2.75) is 0 Å². The topological polar surface area (TPSA) is 87.8 Å². The molecule has 0 aliphatic rings. The molecule has 0 aliphatic carbocycles. The van der Waals surface area contributed by atoms with Crippen LogP contribution in [0, 0.1) is 0 Å². The van der Waals surface area contributed by atoms with Crippen molar-refractivity contribution in [2.24, 2.45) is 0 Å². The Hall–Kier alpha value is -1.99. The van der Waals surface area contributed by atoms with Crippen LogP contribution in [0.15, 0.2) is 24.3 Å². The van der Waals surface area contributed by atoms with Crippen molar-refractivity contribution in [3.8, 4) is 11.4 Å². The summed E-state index contributed by atoms with van der Waals surface area (Å²) in [4.78, 5) is 4.94. The predicted molar refractivity (Wildman–Crippen MR) is 58.2 cm³/mol. The van der Waals surface area contributed by atoms with Crippen molar-refractivity contribution in [1.82, 2.24) is 26.1 Å². The van der Waals surface area contributed by atoms with Gasteiger partial charge in [0.05, 0.1) is 0 Å². The third-order valence-corrected chi connectivity index (χ3v) is 1.98. The first kappa shape index (κ1) is 10.5. The van der Waals surface area contributed by atoms with Crippen molar-refractivity contribution >= 4 is 5.69 Å². The van der Waals surface area contributed by atoms with Crippen LogP contribution < -0.4 is 10.8 Å². The zero-order valence-corrected chi connectivity index (χ0v) is 8.77. The molecule has 0 atom stereocenters. The number of rotatable bonds is 5. The second kappa shape index (κ2) is 5.19. The summed E-state index contributed by atoms with van der Waals surface area (Å²) in [5.74, 6) is 0.582. The normalized spacial score (nSPS) is 10.3. The van der Waals surface area contributed by atoms with Crippen molar-refractivity contribution in [3.05, 3.63) is 24.3 Å². The molecule has 1 aromatic carbocycles. The van der Waals surface area contributed by atoms with Crippen LogP contribution in [0.4, 0.5) is 5.69 Å². The Morgan fingerprint density at radius 1 is 1.31 bits per heavy atom. The van der Waals surface area contributed by atoms with E-state index in [0.29, 0.717) is 12.6 Å². The third kappa shape index (κ3) is 2.53. The second-order valence-corrected chi connectivity index (χ2v) is 2.98. The van der Waals surface area contributed by atoms with Crippen LogP contribution in [-0.4, -0.2) is 34.4 Å². The van der Waals surface area contributed by atoms with Gasteiger partial charge in [-0.1, -0.05) is 0 Å². The SMILES string of the molecule is CNOCNc1ccc(-c2nn[nH]n2)cc1. The number of hydroxylamine groups is 1. The summed E-state index contributed by atoms with van der Waals surface area (Å²) in [7, 11) is 1.71. The number of anilines is 1. The molecule has 7 heteroatoms. The van der Waals surface area contributed by atoms with E-state index in [1.54, 1.807) is 7.05 Å². The van der Waals surface area contributed by atoms with E-state index in [9.17, 15) is 0 Å². The summed E-state index contributed by atoms with van der Waals surface area (Å²) in [6, 6.07) is 7.66. The van der Waals surface area contributed by atoms with Gasteiger partial charge in [0.1, 0.15) is 6.73 Å². The Kier molecular flexibility index (Phi) is 3.42. The summed E-state index contributed by atoms with van der Waals surface area (Å²) in [5.41, 5.74) is 4.45. The second-order valence-electron chi connectivity index (χ2n) is 2.98. The molecule has 0 aliphatic heterocycles. The molecule has 0 bridgehead atoms.